The number of para-hydroxylation sites is 1. The summed E-state index contributed by atoms with van der Waals surface area (Å²) in [5.74, 6) is 0. The fourth-order valence-corrected chi connectivity index (χ4v) is 2.61. The van der Waals surface area contributed by atoms with Gasteiger partial charge in [-0.25, -0.2) is 9.67 Å². The van der Waals surface area contributed by atoms with Crippen molar-refractivity contribution in [1.82, 2.24) is 14.3 Å². The first-order chi connectivity index (χ1) is 13.2. The first-order valence-corrected chi connectivity index (χ1v) is 8.63. The maximum Gasteiger partial charge on any atom is 2.00 e. The molecule has 1 fully saturated rings. The Balaban J connectivity index is 0. The number of pyridine rings is 1. The third kappa shape index (κ3) is 8.59. The molecule has 5 nitrogen and oxygen atoms in total. The van der Waals surface area contributed by atoms with Gasteiger partial charge in [-0.1, -0.05) is 18.2 Å². The van der Waals surface area contributed by atoms with Crippen LogP contribution in [0.2, 0.25) is 0 Å². The number of aliphatic imine (C=N–C) groups is 1. The molecule has 161 valence electrons. The Morgan fingerprint density at radius 2 is 1.39 bits per heavy atom. The van der Waals surface area contributed by atoms with Crippen LogP contribution in [0.1, 0.15) is 11.3 Å². The van der Waals surface area contributed by atoms with Crippen molar-refractivity contribution in [2.45, 2.75) is 6.92 Å². The van der Waals surface area contributed by atoms with Gasteiger partial charge >= 0.3 is 21.7 Å². The molecular weight excluding hydrogens is 490 g/mol. The molecule has 0 spiro atoms. The second-order valence-corrected chi connectivity index (χ2v) is 5.91. The van der Waals surface area contributed by atoms with Crippen LogP contribution in [0.3, 0.4) is 0 Å². The van der Waals surface area contributed by atoms with E-state index in [2.05, 4.69) is 9.98 Å². The van der Waals surface area contributed by atoms with Crippen LogP contribution in [0.25, 0.3) is 5.69 Å². The van der Waals surface area contributed by atoms with Crippen molar-refractivity contribution in [2.75, 3.05) is 0 Å². The van der Waals surface area contributed by atoms with Gasteiger partial charge in [-0.3, -0.25) is 14.5 Å². The van der Waals surface area contributed by atoms with E-state index in [1.54, 1.807) is 23.3 Å². The third-order valence-electron chi connectivity index (χ3n) is 4.13. The van der Waals surface area contributed by atoms with E-state index in [4.69, 9.17) is 0 Å². The molecule has 5 radical (unpaired) electrons. The summed E-state index contributed by atoms with van der Waals surface area (Å²) in [4.78, 5) is 21.0. The van der Waals surface area contributed by atoms with Crippen LogP contribution in [0.15, 0.2) is 64.6 Å². The predicted molar refractivity (Wildman–Crippen MR) is 109 cm³/mol. The summed E-state index contributed by atoms with van der Waals surface area (Å²) < 4.78 is 3.44. The van der Waals surface area contributed by atoms with E-state index in [9.17, 15) is 4.79 Å². The van der Waals surface area contributed by atoms with Crippen LogP contribution in [-0.2, 0) is 28.8 Å². The Labute approximate surface area is 217 Å². The van der Waals surface area contributed by atoms with Crippen molar-refractivity contribution >= 4 is 11.9 Å². The minimum atomic E-state index is -0.128. The predicted octanol–water partition coefficient (Wildman–Crippen LogP) is -5.34. The summed E-state index contributed by atoms with van der Waals surface area (Å²) in [5.41, 5.74) is 2.87. The van der Waals surface area contributed by atoms with E-state index >= 15 is 0 Å². The molecule has 2 heterocycles. The molecule has 0 aliphatic heterocycles. The number of aromatic nitrogens is 3. The van der Waals surface area contributed by atoms with Crippen molar-refractivity contribution in [3.8, 4) is 5.69 Å². The van der Waals surface area contributed by atoms with Gasteiger partial charge < -0.3 is 37.2 Å². The third-order valence-corrected chi connectivity index (χ3v) is 4.13. The summed E-state index contributed by atoms with van der Waals surface area (Å²) in [5, 5.41) is 0. The topological polar surface area (TPSA) is 52.2 Å². The Morgan fingerprint density at radius 3 is 1.90 bits per heavy atom. The van der Waals surface area contributed by atoms with Gasteiger partial charge in [0.25, 0.3) is 5.56 Å². The smallest absolute Gasteiger partial charge is 1.00 e. The van der Waals surface area contributed by atoms with Crippen LogP contribution >= 0.6 is 0 Å². The maximum atomic E-state index is 12.6. The minimum Gasteiger partial charge on any atom is -1.00 e. The van der Waals surface area contributed by atoms with Crippen LogP contribution < -0.4 is 42.8 Å². The number of hydrogen-bond donors (Lipinski definition) is 0. The molecule has 1 saturated carbocycles. The Morgan fingerprint density at radius 1 is 0.871 bits per heavy atom. The number of rotatable bonds is 3. The minimum absolute atomic E-state index is 0. The Bertz CT molecular complexity index is 949. The summed E-state index contributed by atoms with van der Waals surface area (Å²) >= 11 is 0. The molecule has 9 heteroatoms. The Kier molecular flexibility index (Phi) is 16.7. The molecule has 0 unspecified atom stereocenters. The van der Waals surface area contributed by atoms with E-state index in [0.29, 0.717) is 5.69 Å². The first kappa shape index (κ1) is 31.8. The molecule has 1 aliphatic carbocycles. The standard InChI is InChI=1S/C17H16N4O.C5H5.3ClH.Ti/c1-13-16(19-12-14-8-10-18-11-9-14)17(22)21(20(13)2)15-6-4-3-5-7-15;1-2-4-5-3-1;;;;/h3-12H,1-2H3;1-5H;3*1H;/q;;;;;+2/p-3. The zero-order valence-corrected chi connectivity index (χ0v) is 20.8. The zero-order chi connectivity index (χ0) is 19.1. The van der Waals surface area contributed by atoms with Gasteiger partial charge in [-0.05, 0) is 68.9 Å². The molecular formula is C22H21Cl3N4OTi-. The second-order valence-electron chi connectivity index (χ2n) is 5.91. The van der Waals surface area contributed by atoms with Crippen molar-refractivity contribution in [2.24, 2.45) is 12.0 Å². The van der Waals surface area contributed by atoms with E-state index in [1.165, 1.54) is 0 Å². The van der Waals surface area contributed by atoms with Crippen LogP contribution in [0.5, 0.6) is 0 Å². The fourth-order valence-electron chi connectivity index (χ4n) is 2.61. The van der Waals surface area contributed by atoms with Crippen molar-refractivity contribution in [3.05, 3.63) is 109 Å². The number of benzene rings is 1. The van der Waals surface area contributed by atoms with Crippen molar-refractivity contribution in [3.63, 3.8) is 0 Å². The first-order valence-electron chi connectivity index (χ1n) is 8.63. The molecule has 0 amide bonds. The van der Waals surface area contributed by atoms with Crippen LogP contribution in [0.4, 0.5) is 5.69 Å². The summed E-state index contributed by atoms with van der Waals surface area (Å²) in [6, 6.07) is 13.2. The van der Waals surface area contributed by atoms with Gasteiger partial charge in [0.1, 0.15) is 0 Å². The summed E-state index contributed by atoms with van der Waals surface area (Å²) in [6.07, 6.45) is 15.1. The summed E-state index contributed by atoms with van der Waals surface area (Å²) in [6.45, 7) is 1.89. The SMILES string of the molecule is Cc1c(N=Cc2ccncc2)c(=O)n(-c2ccccc2)n1C.[CH]1[CH][CH][CH][CH]1.[Cl-].[Cl-].[Cl-].[Ti+2]. The maximum absolute atomic E-state index is 12.6. The largest absolute Gasteiger partial charge is 2.00 e. The average molecular weight is 512 g/mol. The molecule has 2 aromatic heterocycles. The van der Waals surface area contributed by atoms with Gasteiger partial charge in [0.15, 0.2) is 5.69 Å². The molecule has 0 N–H and O–H groups in total. The Hall–Kier alpha value is -1.37. The van der Waals surface area contributed by atoms with E-state index in [-0.39, 0.29) is 64.5 Å². The second kappa shape index (κ2) is 16.3. The average Bonchev–Trinajstić information content (AvgIpc) is 3.35. The summed E-state index contributed by atoms with van der Waals surface area (Å²) in [7, 11) is 1.86. The molecule has 31 heavy (non-hydrogen) atoms. The number of nitrogens with zero attached hydrogens (tertiary/aromatic N) is 4. The van der Waals surface area contributed by atoms with Crippen molar-refractivity contribution in [1.29, 1.82) is 0 Å². The van der Waals surface area contributed by atoms with Gasteiger partial charge in [0, 0.05) is 25.7 Å². The quantitative estimate of drug-likeness (QED) is 0.261. The van der Waals surface area contributed by atoms with Crippen LogP contribution in [0, 0.1) is 39.0 Å². The van der Waals surface area contributed by atoms with Crippen molar-refractivity contribution < 1.29 is 58.9 Å². The molecule has 1 aromatic carbocycles. The normalized spacial score (nSPS) is 11.8. The molecule has 4 rings (SSSR count). The number of halogens is 3. The van der Waals surface area contributed by atoms with Gasteiger partial charge in [0.05, 0.1) is 11.4 Å². The molecule has 0 saturated heterocycles. The van der Waals surface area contributed by atoms with Gasteiger partial charge in [0.2, 0.25) is 0 Å². The van der Waals surface area contributed by atoms with E-state index in [1.807, 2.05) is 93.2 Å². The van der Waals surface area contributed by atoms with Crippen LogP contribution in [-0.4, -0.2) is 20.6 Å². The van der Waals surface area contributed by atoms with E-state index < -0.39 is 0 Å². The molecule has 1 aliphatic rings. The monoisotopic (exact) mass is 510 g/mol. The molecule has 0 bridgehead atoms. The fraction of sp³-hybridized carbons (Fsp3) is 0.0909. The zero-order valence-electron chi connectivity index (χ0n) is 17.0. The number of hydrogen-bond acceptors (Lipinski definition) is 3. The van der Waals surface area contributed by atoms with E-state index in [0.717, 1.165) is 16.9 Å². The molecule has 3 aromatic rings. The molecule has 0 atom stereocenters. The van der Waals surface area contributed by atoms with Gasteiger partial charge in [-0.2, -0.15) is 0 Å². The van der Waals surface area contributed by atoms with Gasteiger partial charge in [-0.15, -0.1) is 0 Å².